The van der Waals surface area contributed by atoms with E-state index in [-0.39, 0.29) is 33.1 Å². The molecular formula is C15H14Cl2N2O4S. The molecule has 0 aliphatic rings. The first kappa shape index (κ1) is 18.5. The molecule has 1 amide bonds. The Hall–Kier alpha value is -1.80. The zero-order chi connectivity index (χ0) is 17.7. The summed E-state index contributed by atoms with van der Waals surface area (Å²) in [5.74, 6) is -0.348. The van der Waals surface area contributed by atoms with Gasteiger partial charge in [-0.05, 0) is 36.4 Å². The third-order valence-electron chi connectivity index (χ3n) is 2.82. The van der Waals surface area contributed by atoms with E-state index in [4.69, 9.17) is 27.9 Å². The van der Waals surface area contributed by atoms with Gasteiger partial charge in [-0.25, -0.2) is 8.42 Å². The van der Waals surface area contributed by atoms with Crippen molar-refractivity contribution in [2.45, 2.75) is 4.90 Å². The van der Waals surface area contributed by atoms with E-state index in [1.54, 1.807) is 18.2 Å². The molecule has 0 unspecified atom stereocenters. The molecule has 0 fully saturated rings. The summed E-state index contributed by atoms with van der Waals surface area (Å²) >= 11 is 11.7. The SMILES string of the molecule is COCC(=O)Nc1cccc(NS(=O)(=O)c2cc(Cl)cc(Cl)c2)c1. The van der Waals surface area contributed by atoms with Crippen molar-refractivity contribution in [2.24, 2.45) is 0 Å². The molecule has 128 valence electrons. The Balaban J connectivity index is 2.22. The van der Waals surface area contributed by atoms with Crippen molar-refractivity contribution in [1.29, 1.82) is 0 Å². The van der Waals surface area contributed by atoms with Crippen LogP contribution < -0.4 is 10.0 Å². The minimum Gasteiger partial charge on any atom is -0.375 e. The van der Waals surface area contributed by atoms with Crippen LogP contribution in [0.5, 0.6) is 0 Å². The van der Waals surface area contributed by atoms with Gasteiger partial charge in [0.1, 0.15) is 6.61 Å². The number of hydrogen-bond donors (Lipinski definition) is 2. The highest BCUT2D eigenvalue weighted by atomic mass is 35.5. The van der Waals surface area contributed by atoms with E-state index < -0.39 is 10.0 Å². The number of nitrogens with one attached hydrogen (secondary N) is 2. The number of sulfonamides is 1. The molecule has 6 nitrogen and oxygen atoms in total. The van der Waals surface area contributed by atoms with Crippen molar-refractivity contribution < 1.29 is 17.9 Å². The number of ether oxygens (including phenoxy) is 1. The van der Waals surface area contributed by atoms with Gasteiger partial charge in [0, 0.05) is 22.8 Å². The lowest BCUT2D eigenvalue weighted by atomic mass is 10.3. The zero-order valence-electron chi connectivity index (χ0n) is 12.5. The fourth-order valence-electron chi connectivity index (χ4n) is 1.89. The Morgan fingerprint density at radius 3 is 2.33 bits per heavy atom. The summed E-state index contributed by atoms with van der Waals surface area (Å²) < 4.78 is 31.9. The summed E-state index contributed by atoms with van der Waals surface area (Å²) in [4.78, 5) is 11.4. The predicted octanol–water partition coefficient (Wildman–Crippen LogP) is 3.38. The number of halogens is 2. The van der Waals surface area contributed by atoms with E-state index >= 15 is 0 Å². The fraction of sp³-hybridized carbons (Fsp3) is 0.133. The zero-order valence-corrected chi connectivity index (χ0v) is 14.9. The maximum atomic E-state index is 12.4. The normalized spacial score (nSPS) is 11.1. The van der Waals surface area contributed by atoms with Gasteiger partial charge in [-0.15, -0.1) is 0 Å². The van der Waals surface area contributed by atoms with Gasteiger partial charge in [-0.2, -0.15) is 0 Å². The molecule has 2 rings (SSSR count). The lowest BCUT2D eigenvalue weighted by Gasteiger charge is -2.11. The number of rotatable bonds is 6. The quantitative estimate of drug-likeness (QED) is 0.794. The Kier molecular flexibility index (Phi) is 6.06. The van der Waals surface area contributed by atoms with Gasteiger partial charge in [0.2, 0.25) is 5.91 Å². The maximum absolute atomic E-state index is 12.4. The van der Waals surface area contributed by atoms with Gasteiger partial charge in [-0.1, -0.05) is 29.3 Å². The fourth-order valence-corrected chi connectivity index (χ4v) is 3.66. The van der Waals surface area contributed by atoms with Crippen LogP contribution in [0.25, 0.3) is 0 Å². The van der Waals surface area contributed by atoms with Crippen LogP contribution in [0.15, 0.2) is 47.4 Å². The minimum absolute atomic E-state index is 0.0613. The molecule has 0 aromatic heterocycles. The van der Waals surface area contributed by atoms with Crippen molar-refractivity contribution in [3.8, 4) is 0 Å². The smallest absolute Gasteiger partial charge is 0.261 e. The lowest BCUT2D eigenvalue weighted by molar-refractivity contribution is -0.119. The summed E-state index contributed by atoms with van der Waals surface area (Å²) in [5.41, 5.74) is 0.711. The van der Waals surface area contributed by atoms with E-state index in [1.807, 2.05) is 0 Å². The molecule has 2 aromatic rings. The molecule has 0 radical (unpaired) electrons. The third kappa shape index (κ3) is 5.10. The van der Waals surface area contributed by atoms with Gasteiger partial charge >= 0.3 is 0 Å². The van der Waals surface area contributed by atoms with Crippen LogP contribution in [0.1, 0.15) is 0 Å². The van der Waals surface area contributed by atoms with Gasteiger partial charge < -0.3 is 10.1 Å². The Labute approximate surface area is 149 Å². The molecule has 0 aliphatic heterocycles. The van der Waals surface area contributed by atoms with Gasteiger partial charge in [0.25, 0.3) is 10.0 Å². The molecule has 2 N–H and O–H groups in total. The molecule has 0 heterocycles. The highest BCUT2D eigenvalue weighted by Crippen LogP contribution is 2.25. The van der Waals surface area contributed by atoms with Gasteiger partial charge in [0.05, 0.1) is 10.6 Å². The van der Waals surface area contributed by atoms with E-state index in [0.717, 1.165) is 0 Å². The Bertz CT molecular complexity index is 836. The number of carbonyl (C=O) groups excluding carboxylic acids is 1. The third-order valence-corrected chi connectivity index (χ3v) is 4.62. The summed E-state index contributed by atoms with van der Waals surface area (Å²) in [6, 6.07) is 10.3. The van der Waals surface area contributed by atoms with Crippen molar-refractivity contribution in [3.05, 3.63) is 52.5 Å². The molecule has 0 aliphatic carbocycles. The largest absolute Gasteiger partial charge is 0.375 e. The van der Waals surface area contributed by atoms with Crippen LogP contribution in [-0.2, 0) is 19.6 Å². The second-order valence-electron chi connectivity index (χ2n) is 4.77. The predicted molar refractivity (Wildman–Crippen MR) is 94.2 cm³/mol. The molecule has 24 heavy (non-hydrogen) atoms. The maximum Gasteiger partial charge on any atom is 0.261 e. The van der Waals surface area contributed by atoms with Crippen molar-refractivity contribution in [3.63, 3.8) is 0 Å². The minimum atomic E-state index is -3.87. The van der Waals surface area contributed by atoms with E-state index in [0.29, 0.717) is 5.69 Å². The van der Waals surface area contributed by atoms with Crippen LogP contribution in [-0.4, -0.2) is 28.0 Å². The molecular weight excluding hydrogens is 375 g/mol. The van der Waals surface area contributed by atoms with Crippen LogP contribution in [0.4, 0.5) is 11.4 Å². The van der Waals surface area contributed by atoms with Gasteiger partial charge in [0.15, 0.2) is 0 Å². The second kappa shape index (κ2) is 7.85. The second-order valence-corrected chi connectivity index (χ2v) is 7.33. The number of hydrogen-bond acceptors (Lipinski definition) is 4. The number of benzene rings is 2. The highest BCUT2D eigenvalue weighted by molar-refractivity contribution is 7.92. The van der Waals surface area contributed by atoms with Crippen LogP contribution in [0.2, 0.25) is 10.0 Å². The van der Waals surface area contributed by atoms with Crippen LogP contribution in [0.3, 0.4) is 0 Å². The molecule has 0 spiro atoms. The lowest BCUT2D eigenvalue weighted by Crippen LogP contribution is -2.17. The molecule has 0 saturated carbocycles. The summed E-state index contributed by atoms with van der Waals surface area (Å²) in [6.45, 7) is -0.100. The highest BCUT2D eigenvalue weighted by Gasteiger charge is 2.16. The van der Waals surface area contributed by atoms with Gasteiger partial charge in [-0.3, -0.25) is 9.52 Å². The van der Waals surface area contributed by atoms with E-state index in [9.17, 15) is 13.2 Å². The standard InChI is InChI=1S/C15H14Cl2N2O4S/c1-23-9-15(20)18-12-3-2-4-13(8-12)19-24(21,22)14-6-10(16)5-11(17)7-14/h2-8,19H,9H2,1H3,(H,18,20). The number of amides is 1. The van der Waals surface area contributed by atoms with Crippen LogP contribution >= 0.6 is 23.2 Å². The first-order valence-corrected chi connectivity index (χ1v) is 8.92. The van der Waals surface area contributed by atoms with Crippen molar-refractivity contribution in [1.82, 2.24) is 0 Å². The average molecular weight is 389 g/mol. The van der Waals surface area contributed by atoms with E-state index in [1.165, 1.54) is 31.4 Å². The van der Waals surface area contributed by atoms with Crippen molar-refractivity contribution >= 4 is 50.5 Å². The first-order chi connectivity index (χ1) is 11.3. The molecule has 2 aromatic carbocycles. The topological polar surface area (TPSA) is 84.5 Å². The molecule has 0 atom stereocenters. The number of methoxy groups -OCH3 is 1. The summed E-state index contributed by atoms with van der Waals surface area (Å²) in [7, 11) is -2.47. The summed E-state index contributed by atoms with van der Waals surface area (Å²) in [6.07, 6.45) is 0. The molecule has 0 bridgehead atoms. The molecule has 0 saturated heterocycles. The number of anilines is 2. The monoisotopic (exact) mass is 388 g/mol. The molecule has 9 heteroatoms. The van der Waals surface area contributed by atoms with Crippen molar-refractivity contribution in [2.75, 3.05) is 23.8 Å². The number of carbonyl (C=O) groups is 1. The summed E-state index contributed by atoms with van der Waals surface area (Å²) in [5, 5.41) is 3.01. The first-order valence-electron chi connectivity index (χ1n) is 6.68. The average Bonchev–Trinajstić information content (AvgIpc) is 2.46. The van der Waals surface area contributed by atoms with E-state index in [2.05, 4.69) is 10.0 Å². The van der Waals surface area contributed by atoms with Crippen LogP contribution in [0, 0.1) is 0 Å². The Morgan fingerprint density at radius 1 is 1.08 bits per heavy atom. The Morgan fingerprint density at radius 2 is 1.71 bits per heavy atom.